The molecule has 0 aliphatic heterocycles. The number of hydrogen-bond donors (Lipinski definition) is 1. The monoisotopic (exact) mass is 328 g/mol. The Morgan fingerprint density at radius 1 is 1.40 bits per heavy atom. The number of fused-ring (bicyclic) bond motifs is 3. The van der Waals surface area contributed by atoms with E-state index in [0.29, 0.717) is 17.1 Å². The maximum Gasteiger partial charge on any atom is 0.263 e. The Hall–Kier alpha value is -0.790. The topological polar surface area (TPSA) is 54.9 Å². The molecule has 0 fully saturated rings. The van der Waals surface area contributed by atoms with Crippen LogP contribution in [0.1, 0.15) is 23.3 Å². The third-order valence-corrected chi connectivity index (χ3v) is 5.99. The lowest BCUT2D eigenvalue weighted by Gasteiger charge is -2.10. The summed E-state index contributed by atoms with van der Waals surface area (Å²) in [4.78, 5) is 18.1. The first kappa shape index (κ1) is 14.2. The summed E-state index contributed by atoms with van der Waals surface area (Å²) < 4.78 is 13.2. The highest BCUT2D eigenvalue weighted by Gasteiger charge is 2.20. The number of rotatable bonds is 3. The molecule has 20 heavy (non-hydrogen) atoms. The largest absolute Gasteiger partial charge is 0.323 e. The standard InChI is InChI=1S/C13H16N2O2S3/c1-20(17)7-6-15-12(16)10-8-4-2-3-5-9(8)19-11(10)14-13(15)18/h2-7H2,1H3,(H,14,18). The van der Waals surface area contributed by atoms with Crippen LogP contribution in [-0.2, 0) is 30.2 Å². The SMILES string of the molecule is CS(=O)CCn1c(=S)[nH]c2sc3c(c2c1=O)CCCC3. The fourth-order valence-electron chi connectivity index (χ4n) is 2.69. The van der Waals surface area contributed by atoms with Crippen LogP contribution in [0.15, 0.2) is 4.79 Å². The van der Waals surface area contributed by atoms with Crippen molar-refractivity contribution >= 4 is 44.6 Å². The lowest BCUT2D eigenvalue weighted by Crippen LogP contribution is -2.25. The van der Waals surface area contributed by atoms with Crippen LogP contribution in [0.4, 0.5) is 0 Å². The first-order valence-corrected chi connectivity index (χ1v) is 9.60. The molecule has 1 N–H and O–H groups in total. The van der Waals surface area contributed by atoms with Crippen molar-refractivity contribution in [1.82, 2.24) is 9.55 Å². The minimum absolute atomic E-state index is 0.0198. The first-order chi connectivity index (χ1) is 9.58. The highest BCUT2D eigenvalue weighted by molar-refractivity contribution is 7.84. The molecule has 0 spiro atoms. The van der Waals surface area contributed by atoms with Gasteiger partial charge < -0.3 is 4.98 Å². The molecule has 0 saturated carbocycles. The van der Waals surface area contributed by atoms with Gasteiger partial charge in [-0.1, -0.05) is 0 Å². The minimum Gasteiger partial charge on any atom is -0.323 e. The zero-order valence-electron chi connectivity index (χ0n) is 11.2. The molecule has 0 amide bonds. The van der Waals surface area contributed by atoms with Crippen molar-refractivity contribution in [1.29, 1.82) is 0 Å². The Bertz CT molecular complexity index is 800. The summed E-state index contributed by atoms with van der Waals surface area (Å²) in [5.41, 5.74) is 1.19. The molecule has 1 atom stereocenters. The predicted octanol–water partition coefficient (Wildman–Crippen LogP) is 2.38. The highest BCUT2D eigenvalue weighted by Crippen LogP contribution is 2.33. The second kappa shape index (κ2) is 5.54. The second-order valence-corrected chi connectivity index (χ2v) is 8.13. The van der Waals surface area contributed by atoms with Gasteiger partial charge >= 0.3 is 0 Å². The molecule has 1 unspecified atom stereocenters. The maximum atomic E-state index is 12.7. The van der Waals surface area contributed by atoms with Crippen molar-refractivity contribution in [3.05, 3.63) is 25.6 Å². The number of H-pyrrole nitrogens is 1. The number of aromatic amines is 1. The van der Waals surface area contributed by atoms with Gasteiger partial charge in [-0.25, -0.2) is 0 Å². The summed E-state index contributed by atoms with van der Waals surface area (Å²) in [7, 11) is -0.926. The van der Waals surface area contributed by atoms with Crippen LogP contribution < -0.4 is 5.56 Å². The van der Waals surface area contributed by atoms with E-state index < -0.39 is 10.8 Å². The van der Waals surface area contributed by atoms with Crippen molar-refractivity contribution in [3.63, 3.8) is 0 Å². The van der Waals surface area contributed by atoms with Crippen molar-refractivity contribution in [2.45, 2.75) is 32.2 Å². The summed E-state index contributed by atoms with van der Waals surface area (Å²) in [6, 6.07) is 0. The summed E-state index contributed by atoms with van der Waals surface area (Å²) >= 11 is 6.94. The second-order valence-electron chi connectivity index (χ2n) is 5.08. The minimum atomic E-state index is -0.926. The molecule has 0 bridgehead atoms. The summed E-state index contributed by atoms with van der Waals surface area (Å²) in [5.74, 6) is 0.454. The molecule has 3 rings (SSSR count). The van der Waals surface area contributed by atoms with Crippen LogP contribution in [0.3, 0.4) is 0 Å². The van der Waals surface area contributed by atoms with Gasteiger partial charge in [0.1, 0.15) is 4.83 Å². The molecule has 2 aromatic heterocycles. The van der Waals surface area contributed by atoms with Crippen molar-refractivity contribution in [2.75, 3.05) is 12.0 Å². The van der Waals surface area contributed by atoms with E-state index in [0.717, 1.165) is 29.5 Å². The molecule has 0 aromatic carbocycles. The maximum absolute atomic E-state index is 12.7. The van der Waals surface area contributed by atoms with E-state index in [-0.39, 0.29) is 5.56 Å². The van der Waals surface area contributed by atoms with Crippen molar-refractivity contribution in [3.8, 4) is 0 Å². The van der Waals surface area contributed by atoms with E-state index in [4.69, 9.17) is 12.2 Å². The fraction of sp³-hybridized carbons (Fsp3) is 0.538. The zero-order valence-corrected chi connectivity index (χ0v) is 13.7. The van der Waals surface area contributed by atoms with Crippen molar-refractivity contribution < 1.29 is 4.21 Å². The van der Waals surface area contributed by atoms with Crippen LogP contribution in [0.5, 0.6) is 0 Å². The molecule has 108 valence electrons. The molecular weight excluding hydrogens is 312 g/mol. The average molecular weight is 328 g/mol. The summed E-state index contributed by atoms with van der Waals surface area (Å²) in [6.07, 6.45) is 6.03. The van der Waals surface area contributed by atoms with Gasteiger partial charge in [0.25, 0.3) is 5.56 Å². The quantitative estimate of drug-likeness (QED) is 0.880. The number of nitrogens with one attached hydrogen (secondary N) is 1. The van der Waals surface area contributed by atoms with E-state index in [2.05, 4.69) is 4.98 Å². The van der Waals surface area contributed by atoms with Crippen LogP contribution >= 0.6 is 23.6 Å². The lowest BCUT2D eigenvalue weighted by atomic mass is 9.97. The molecule has 1 aliphatic carbocycles. The van der Waals surface area contributed by atoms with Crippen molar-refractivity contribution in [2.24, 2.45) is 0 Å². The summed E-state index contributed by atoms with van der Waals surface area (Å²) in [5, 5.41) is 0.806. The van der Waals surface area contributed by atoms with E-state index >= 15 is 0 Å². The Kier molecular flexibility index (Phi) is 3.92. The van der Waals surface area contributed by atoms with Gasteiger partial charge in [-0.3, -0.25) is 13.6 Å². The molecule has 0 saturated heterocycles. The predicted molar refractivity (Wildman–Crippen MR) is 86.8 cm³/mol. The normalized spacial score (nSPS) is 16.2. The van der Waals surface area contributed by atoms with Gasteiger partial charge in [0.15, 0.2) is 4.77 Å². The number of hydrogen-bond acceptors (Lipinski definition) is 4. The van der Waals surface area contributed by atoms with Crippen LogP contribution in [0.25, 0.3) is 10.2 Å². The highest BCUT2D eigenvalue weighted by atomic mass is 32.2. The van der Waals surface area contributed by atoms with E-state index in [9.17, 15) is 9.00 Å². The molecule has 2 aromatic rings. The summed E-state index contributed by atoms with van der Waals surface area (Å²) in [6.45, 7) is 0.415. The van der Waals surface area contributed by atoms with Crippen LogP contribution in [0.2, 0.25) is 0 Å². The number of aryl methyl sites for hydroxylation is 2. The molecule has 0 radical (unpaired) electrons. The number of aromatic nitrogens is 2. The third kappa shape index (κ3) is 2.42. The third-order valence-electron chi connectivity index (χ3n) is 3.70. The Morgan fingerprint density at radius 3 is 2.90 bits per heavy atom. The molecule has 4 nitrogen and oxygen atoms in total. The average Bonchev–Trinajstić information content (AvgIpc) is 2.75. The first-order valence-electron chi connectivity index (χ1n) is 6.65. The van der Waals surface area contributed by atoms with Gasteiger partial charge in [0.2, 0.25) is 0 Å². The van der Waals surface area contributed by atoms with Crippen LogP contribution in [0, 0.1) is 4.77 Å². The van der Waals surface area contributed by atoms with Gasteiger partial charge in [-0.05, 0) is 43.5 Å². The molecule has 2 heterocycles. The lowest BCUT2D eigenvalue weighted by molar-refractivity contribution is 0.666. The van der Waals surface area contributed by atoms with E-state index in [1.165, 1.54) is 16.9 Å². The van der Waals surface area contributed by atoms with E-state index in [1.54, 1.807) is 22.2 Å². The Labute approximate surface area is 128 Å². The van der Waals surface area contributed by atoms with Crippen LogP contribution in [-0.4, -0.2) is 25.8 Å². The number of thiophene rings is 1. The molecular formula is C13H16N2O2S3. The van der Waals surface area contributed by atoms with Gasteiger partial charge in [0, 0.05) is 34.2 Å². The van der Waals surface area contributed by atoms with Gasteiger partial charge in [-0.15, -0.1) is 11.3 Å². The molecule has 1 aliphatic rings. The zero-order chi connectivity index (χ0) is 14.3. The fourth-order valence-corrected chi connectivity index (χ4v) is 4.76. The Balaban J connectivity index is 2.20. The van der Waals surface area contributed by atoms with E-state index in [1.807, 2.05) is 0 Å². The van der Waals surface area contributed by atoms with Gasteiger partial charge in [0.05, 0.1) is 5.39 Å². The Morgan fingerprint density at radius 2 is 2.15 bits per heavy atom. The molecule has 7 heteroatoms. The number of nitrogens with zero attached hydrogens (tertiary/aromatic N) is 1. The van der Waals surface area contributed by atoms with Gasteiger partial charge in [-0.2, -0.15) is 0 Å². The smallest absolute Gasteiger partial charge is 0.263 e.